The molecule has 0 bridgehead atoms. The minimum atomic E-state index is -0.141. The summed E-state index contributed by atoms with van der Waals surface area (Å²) < 4.78 is 0. The predicted octanol–water partition coefficient (Wildman–Crippen LogP) is 3.36. The first-order valence-electron chi connectivity index (χ1n) is 6.54. The van der Waals surface area contributed by atoms with E-state index in [1.54, 1.807) is 30.4 Å². The molecule has 1 aromatic heterocycles. The number of nitrogens with one attached hydrogen (secondary N) is 1. The van der Waals surface area contributed by atoms with Crippen LogP contribution in [0.4, 0.5) is 10.5 Å². The number of nitrogens with zero attached hydrogens (tertiary/aromatic N) is 2. The van der Waals surface area contributed by atoms with Crippen molar-refractivity contribution in [3.05, 3.63) is 59.4 Å². The second-order valence-electron chi connectivity index (χ2n) is 4.96. The summed E-state index contributed by atoms with van der Waals surface area (Å²) in [5.41, 5.74) is 4.28. The van der Waals surface area contributed by atoms with Crippen LogP contribution in [0.25, 0.3) is 0 Å². The smallest absolute Gasteiger partial charge is 0.321 e. The molecule has 20 heavy (non-hydrogen) atoms. The van der Waals surface area contributed by atoms with E-state index in [0.717, 1.165) is 5.56 Å². The van der Waals surface area contributed by atoms with Gasteiger partial charge in [-0.2, -0.15) is 0 Å². The molecule has 0 aliphatic rings. The van der Waals surface area contributed by atoms with E-state index in [1.165, 1.54) is 11.1 Å². The zero-order valence-electron chi connectivity index (χ0n) is 12.1. The van der Waals surface area contributed by atoms with E-state index in [2.05, 4.69) is 42.3 Å². The molecule has 4 heteroatoms. The molecule has 1 N–H and O–H groups in total. The fourth-order valence-corrected chi connectivity index (χ4v) is 2.01. The summed E-state index contributed by atoms with van der Waals surface area (Å²) in [6, 6.07) is 9.73. The summed E-state index contributed by atoms with van der Waals surface area (Å²) >= 11 is 0. The fraction of sp³-hybridized carbons (Fsp3) is 0.250. The Morgan fingerprint density at radius 1 is 1.30 bits per heavy atom. The number of benzene rings is 1. The summed E-state index contributed by atoms with van der Waals surface area (Å²) in [5.74, 6) is 0. The van der Waals surface area contributed by atoms with Crippen LogP contribution in [0.15, 0.2) is 42.7 Å². The molecule has 4 nitrogen and oxygen atoms in total. The summed E-state index contributed by atoms with van der Waals surface area (Å²) in [4.78, 5) is 17.7. The Balaban J connectivity index is 2.00. The number of aryl methyl sites for hydroxylation is 2. The Kier molecular flexibility index (Phi) is 4.35. The van der Waals surface area contributed by atoms with Gasteiger partial charge in [0, 0.05) is 19.8 Å². The number of anilines is 1. The molecular formula is C16H19N3O. The lowest BCUT2D eigenvalue weighted by Gasteiger charge is -2.19. The number of pyridine rings is 1. The average Bonchev–Trinajstić information content (AvgIpc) is 2.43. The fourth-order valence-electron chi connectivity index (χ4n) is 2.01. The normalized spacial score (nSPS) is 10.2. The van der Waals surface area contributed by atoms with Gasteiger partial charge in [0.25, 0.3) is 0 Å². The van der Waals surface area contributed by atoms with Crippen LogP contribution in [-0.2, 0) is 6.54 Å². The van der Waals surface area contributed by atoms with Crippen LogP contribution in [0.5, 0.6) is 0 Å². The average molecular weight is 269 g/mol. The predicted molar refractivity (Wildman–Crippen MR) is 80.6 cm³/mol. The Hall–Kier alpha value is -2.36. The molecule has 2 rings (SSSR count). The van der Waals surface area contributed by atoms with Crippen molar-refractivity contribution in [3.8, 4) is 0 Å². The summed E-state index contributed by atoms with van der Waals surface area (Å²) in [7, 11) is 1.78. The molecule has 104 valence electrons. The van der Waals surface area contributed by atoms with Crippen molar-refractivity contribution in [2.75, 3.05) is 12.4 Å². The monoisotopic (exact) mass is 269 g/mol. The van der Waals surface area contributed by atoms with Crippen LogP contribution in [0.1, 0.15) is 16.7 Å². The molecule has 0 radical (unpaired) electrons. The Bertz CT molecular complexity index is 596. The first kappa shape index (κ1) is 14.1. The molecule has 0 unspecified atom stereocenters. The first-order chi connectivity index (χ1) is 9.56. The lowest BCUT2D eigenvalue weighted by atomic mass is 10.1. The van der Waals surface area contributed by atoms with E-state index in [4.69, 9.17) is 0 Å². The van der Waals surface area contributed by atoms with E-state index in [-0.39, 0.29) is 6.03 Å². The van der Waals surface area contributed by atoms with Gasteiger partial charge in [0.2, 0.25) is 0 Å². The number of urea groups is 1. The summed E-state index contributed by atoms with van der Waals surface area (Å²) in [6.07, 6.45) is 3.30. The highest BCUT2D eigenvalue weighted by molar-refractivity contribution is 5.88. The van der Waals surface area contributed by atoms with Crippen molar-refractivity contribution in [1.82, 2.24) is 9.88 Å². The molecule has 0 aliphatic heterocycles. The van der Waals surface area contributed by atoms with E-state index < -0.39 is 0 Å². The number of amides is 2. The van der Waals surface area contributed by atoms with E-state index in [0.29, 0.717) is 12.2 Å². The van der Waals surface area contributed by atoms with Crippen LogP contribution >= 0.6 is 0 Å². The standard InChI is InChI=1S/C16H19N3O/c1-12-6-7-14(13(2)9-12)11-19(3)16(20)18-15-5-4-8-17-10-15/h4-10H,11H2,1-3H3,(H,18,20). The Morgan fingerprint density at radius 3 is 2.75 bits per heavy atom. The van der Waals surface area contributed by atoms with Gasteiger partial charge in [0.05, 0.1) is 11.9 Å². The number of aromatic nitrogens is 1. The number of rotatable bonds is 3. The van der Waals surface area contributed by atoms with Crippen LogP contribution in [0, 0.1) is 13.8 Å². The van der Waals surface area contributed by atoms with Gasteiger partial charge in [-0.3, -0.25) is 4.98 Å². The lowest BCUT2D eigenvalue weighted by Crippen LogP contribution is -2.31. The second kappa shape index (κ2) is 6.19. The van der Waals surface area contributed by atoms with Crippen LogP contribution in [0.3, 0.4) is 0 Å². The molecule has 1 heterocycles. The zero-order chi connectivity index (χ0) is 14.5. The summed E-state index contributed by atoms with van der Waals surface area (Å²) in [5, 5.41) is 2.82. The Labute approximate surface area is 119 Å². The largest absolute Gasteiger partial charge is 0.323 e. The first-order valence-corrected chi connectivity index (χ1v) is 6.54. The molecule has 1 aromatic carbocycles. The maximum Gasteiger partial charge on any atom is 0.321 e. The highest BCUT2D eigenvalue weighted by Crippen LogP contribution is 2.13. The van der Waals surface area contributed by atoms with Gasteiger partial charge in [-0.25, -0.2) is 4.79 Å². The van der Waals surface area contributed by atoms with Crippen LogP contribution in [-0.4, -0.2) is 23.0 Å². The minimum Gasteiger partial charge on any atom is -0.323 e. The van der Waals surface area contributed by atoms with Gasteiger partial charge >= 0.3 is 6.03 Å². The van der Waals surface area contributed by atoms with Crippen LogP contribution in [0.2, 0.25) is 0 Å². The third-order valence-corrected chi connectivity index (χ3v) is 3.17. The van der Waals surface area contributed by atoms with Crippen LogP contribution < -0.4 is 5.32 Å². The molecule has 0 spiro atoms. The number of carbonyl (C=O) groups excluding carboxylic acids is 1. The SMILES string of the molecule is Cc1ccc(CN(C)C(=O)Nc2cccnc2)c(C)c1. The van der Waals surface area contributed by atoms with Crippen molar-refractivity contribution in [2.45, 2.75) is 20.4 Å². The minimum absolute atomic E-state index is 0.141. The highest BCUT2D eigenvalue weighted by Gasteiger charge is 2.10. The molecule has 0 fully saturated rings. The van der Waals surface area contributed by atoms with Gasteiger partial charge in [-0.1, -0.05) is 23.8 Å². The van der Waals surface area contributed by atoms with Crippen molar-refractivity contribution in [3.63, 3.8) is 0 Å². The third-order valence-electron chi connectivity index (χ3n) is 3.17. The molecule has 2 aromatic rings. The molecule has 0 saturated heterocycles. The van der Waals surface area contributed by atoms with Gasteiger partial charge in [-0.15, -0.1) is 0 Å². The maximum absolute atomic E-state index is 12.1. The highest BCUT2D eigenvalue weighted by atomic mass is 16.2. The molecule has 0 atom stereocenters. The van der Waals surface area contributed by atoms with Crippen molar-refractivity contribution in [1.29, 1.82) is 0 Å². The van der Waals surface area contributed by atoms with Crippen molar-refractivity contribution in [2.24, 2.45) is 0 Å². The topological polar surface area (TPSA) is 45.2 Å². The number of hydrogen-bond donors (Lipinski definition) is 1. The molecular weight excluding hydrogens is 250 g/mol. The van der Waals surface area contributed by atoms with Crippen molar-refractivity contribution < 1.29 is 4.79 Å². The van der Waals surface area contributed by atoms with Gasteiger partial charge in [0.1, 0.15) is 0 Å². The van der Waals surface area contributed by atoms with E-state index in [9.17, 15) is 4.79 Å². The van der Waals surface area contributed by atoms with Gasteiger partial charge < -0.3 is 10.2 Å². The Morgan fingerprint density at radius 2 is 2.10 bits per heavy atom. The second-order valence-corrected chi connectivity index (χ2v) is 4.96. The molecule has 0 aliphatic carbocycles. The lowest BCUT2D eigenvalue weighted by molar-refractivity contribution is 0.220. The zero-order valence-corrected chi connectivity index (χ0v) is 12.1. The molecule has 0 saturated carbocycles. The number of carbonyl (C=O) groups is 1. The maximum atomic E-state index is 12.1. The quantitative estimate of drug-likeness (QED) is 0.928. The van der Waals surface area contributed by atoms with Gasteiger partial charge in [-0.05, 0) is 37.1 Å². The third kappa shape index (κ3) is 3.57. The van der Waals surface area contributed by atoms with E-state index >= 15 is 0 Å². The molecule has 2 amide bonds. The van der Waals surface area contributed by atoms with Gasteiger partial charge in [0.15, 0.2) is 0 Å². The number of hydrogen-bond acceptors (Lipinski definition) is 2. The summed E-state index contributed by atoms with van der Waals surface area (Å²) in [6.45, 7) is 4.71. The van der Waals surface area contributed by atoms with E-state index in [1.807, 2.05) is 6.07 Å². The van der Waals surface area contributed by atoms with Crippen molar-refractivity contribution >= 4 is 11.7 Å².